The van der Waals surface area contributed by atoms with Crippen LogP contribution in [0.2, 0.25) is 0 Å². The molecule has 7 aromatic rings. The maximum absolute atomic E-state index is 6.49. The van der Waals surface area contributed by atoms with Gasteiger partial charge in [-0.25, -0.2) is 15.0 Å². The van der Waals surface area contributed by atoms with Crippen LogP contribution in [0.4, 0.5) is 0 Å². The molecule has 5 aromatic carbocycles. The van der Waals surface area contributed by atoms with Crippen molar-refractivity contribution in [3.05, 3.63) is 130 Å². The third-order valence-electron chi connectivity index (χ3n) is 17.4. The molecule has 0 radical (unpaired) electrons. The van der Waals surface area contributed by atoms with Crippen molar-refractivity contribution in [2.75, 3.05) is 33.5 Å². The van der Waals surface area contributed by atoms with Gasteiger partial charge in [-0.05, 0) is 176 Å². The van der Waals surface area contributed by atoms with Crippen LogP contribution in [-0.4, -0.2) is 85.5 Å². The van der Waals surface area contributed by atoms with Gasteiger partial charge in [0, 0.05) is 47.0 Å². The van der Waals surface area contributed by atoms with E-state index in [0.29, 0.717) is 48.8 Å². The minimum atomic E-state index is 0. The zero-order chi connectivity index (χ0) is 66.2. The average molecular weight is 1280 g/mol. The summed E-state index contributed by atoms with van der Waals surface area (Å²) in [4.78, 5) is 19.4. The normalized spacial score (nSPS) is 14.2. The summed E-state index contributed by atoms with van der Waals surface area (Å²) in [7, 11) is 2.24. The Morgan fingerprint density at radius 1 is 0.505 bits per heavy atom. The van der Waals surface area contributed by atoms with Gasteiger partial charge in [-0.3, -0.25) is 4.90 Å². The Morgan fingerprint density at radius 3 is 1.49 bits per heavy atom. The highest BCUT2D eigenvalue weighted by molar-refractivity contribution is 5.74. The van der Waals surface area contributed by atoms with Gasteiger partial charge in [0.05, 0.1) is 37.2 Å². The van der Waals surface area contributed by atoms with Crippen LogP contribution in [0.3, 0.4) is 0 Å². The SMILES string of the molecule is C.C.C.CC(C)(C)CCOCc1ccc(C(C)(C)C)cc1-n1nc2ccccc2n1.CCCCCCCCOc1ccc(-c2nc(-c3ccc(C)cc3C)nc(-c3ccc(C)cc3C)n2)c(OCCCC(C)(C)C)c1.CN1C(C)(C)CC(OCCC(C)(C)C)CC1(C)C. The summed E-state index contributed by atoms with van der Waals surface area (Å²) in [6, 6.07) is 33.4. The van der Waals surface area contributed by atoms with Gasteiger partial charge in [-0.1, -0.05) is 216 Å². The number of hydrogen-bond donors (Lipinski definition) is 0. The molecule has 3 heterocycles. The predicted octanol–water partition coefficient (Wildman–Crippen LogP) is 22.7. The number of piperidine rings is 1. The summed E-state index contributed by atoms with van der Waals surface area (Å²) in [5.41, 5.74) is 14.1. The zero-order valence-corrected chi connectivity index (χ0v) is 60.1. The number of hydrogen-bond acceptors (Lipinski definition) is 10. The van der Waals surface area contributed by atoms with E-state index in [-0.39, 0.29) is 49.6 Å². The van der Waals surface area contributed by atoms with E-state index in [1.54, 1.807) is 4.80 Å². The van der Waals surface area contributed by atoms with Crippen molar-refractivity contribution in [3.63, 3.8) is 0 Å². The third kappa shape index (κ3) is 25.9. The van der Waals surface area contributed by atoms with Crippen LogP contribution in [0.1, 0.15) is 250 Å². The van der Waals surface area contributed by atoms with E-state index in [2.05, 4.69) is 222 Å². The van der Waals surface area contributed by atoms with Gasteiger partial charge < -0.3 is 18.9 Å². The summed E-state index contributed by atoms with van der Waals surface area (Å²) in [5, 5.41) is 9.37. The molecule has 0 spiro atoms. The maximum Gasteiger partial charge on any atom is 0.167 e. The number of unbranched alkanes of at least 4 members (excludes halogenated alkanes) is 5. The minimum Gasteiger partial charge on any atom is -0.493 e. The van der Waals surface area contributed by atoms with E-state index in [0.717, 1.165) is 120 Å². The van der Waals surface area contributed by atoms with Gasteiger partial charge >= 0.3 is 0 Å². The molecule has 2 aromatic heterocycles. The molecule has 1 saturated heterocycles. The van der Waals surface area contributed by atoms with Crippen molar-refractivity contribution in [3.8, 4) is 51.3 Å². The highest BCUT2D eigenvalue weighted by Gasteiger charge is 2.43. The summed E-state index contributed by atoms with van der Waals surface area (Å²) in [6.45, 7) is 50.5. The number of aryl methyl sites for hydroxylation is 4. The fraction of sp³-hybridized carbons (Fsp3) is 0.598. The fourth-order valence-electron chi connectivity index (χ4n) is 11.4. The molecule has 1 fully saturated rings. The molecule has 0 unspecified atom stereocenters. The Labute approximate surface area is 567 Å². The molecule has 1 aliphatic rings. The molecular formula is C82H129N7O4. The second-order valence-electron chi connectivity index (χ2n) is 31.6. The van der Waals surface area contributed by atoms with E-state index in [9.17, 15) is 0 Å². The number of likely N-dealkylation sites (tertiary alicyclic amines) is 1. The topological polar surface area (TPSA) is 110 Å². The maximum atomic E-state index is 6.49. The molecule has 0 amide bonds. The lowest BCUT2D eigenvalue weighted by Gasteiger charge is -2.53. The molecular weight excluding hydrogens is 1150 g/mol. The lowest BCUT2D eigenvalue weighted by atomic mass is 9.78. The lowest BCUT2D eigenvalue weighted by molar-refractivity contribution is -0.0943. The van der Waals surface area contributed by atoms with E-state index in [4.69, 9.17) is 33.9 Å². The van der Waals surface area contributed by atoms with Gasteiger partial charge in [0.15, 0.2) is 17.5 Å². The third-order valence-corrected chi connectivity index (χ3v) is 17.4. The van der Waals surface area contributed by atoms with Crippen molar-refractivity contribution in [1.82, 2.24) is 34.8 Å². The van der Waals surface area contributed by atoms with Crippen molar-refractivity contribution in [1.29, 1.82) is 0 Å². The summed E-state index contributed by atoms with van der Waals surface area (Å²) < 4.78 is 24.8. The first kappa shape index (κ1) is 81.2. The lowest BCUT2D eigenvalue weighted by Crippen LogP contribution is -2.60. The van der Waals surface area contributed by atoms with Gasteiger partial charge in [0.2, 0.25) is 0 Å². The molecule has 1 aliphatic heterocycles. The largest absolute Gasteiger partial charge is 0.493 e. The first-order chi connectivity index (χ1) is 42.1. The van der Waals surface area contributed by atoms with Crippen LogP contribution in [0.5, 0.6) is 11.5 Å². The first-order valence-corrected chi connectivity index (χ1v) is 33.8. The number of ether oxygens (including phenoxy) is 4. The quantitative estimate of drug-likeness (QED) is 0.0574. The van der Waals surface area contributed by atoms with Gasteiger partial charge in [0.25, 0.3) is 0 Å². The van der Waals surface area contributed by atoms with Crippen LogP contribution in [0.15, 0.2) is 97.1 Å². The molecule has 0 N–H and O–H groups in total. The molecule has 0 atom stereocenters. The number of nitrogens with zero attached hydrogens (tertiary/aromatic N) is 7. The Morgan fingerprint density at radius 2 is 0.989 bits per heavy atom. The van der Waals surface area contributed by atoms with E-state index in [1.807, 2.05) is 42.5 Å². The Bertz CT molecular complexity index is 3250. The predicted molar refractivity (Wildman–Crippen MR) is 399 cm³/mol. The molecule has 0 bridgehead atoms. The summed E-state index contributed by atoms with van der Waals surface area (Å²) >= 11 is 0. The monoisotopic (exact) mass is 1280 g/mol. The summed E-state index contributed by atoms with van der Waals surface area (Å²) in [5.74, 6) is 3.48. The second-order valence-corrected chi connectivity index (χ2v) is 31.6. The Balaban J connectivity index is 0.000000399. The minimum absolute atomic E-state index is 0. The van der Waals surface area contributed by atoms with Gasteiger partial charge in [-0.15, -0.1) is 10.2 Å². The van der Waals surface area contributed by atoms with Crippen molar-refractivity contribution in [2.45, 2.75) is 274 Å². The van der Waals surface area contributed by atoms with Crippen molar-refractivity contribution in [2.24, 2.45) is 16.2 Å². The summed E-state index contributed by atoms with van der Waals surface area (Å²) in [6.07, 6.45) is 14.3. The highest BCUT2D eigenvalue weighted by Crippen LogP contribution is 2.40. The number of rotatable bonds is 23. The number of aromatic nitrogens is 6. The van der Waals surface area contributed by atoms with E-state index >= 15 is 0 Å². The number of fused-ring (bicyclic) bond motifs is 1. The molecule has 11 heteroatoms. The Kier molecular flexibility index (Phi) is 31.1. The van der Waals surface area contributed by atoms with Crippen LogP contribution in [0.25, 0.3) is 50.9 Å². The second kappa shape index (κ2) is 35.7. The van der Waals surface area contributed by atoms with E-state index in [1.165, 1.54) is 48.8 Å². The van der Waals surface area contributed by atoms with Gasteiger partial charge in [0.1, 0.15) is 22.5 Å². The molecule has 516 valence electrons. The smallest absolute Gasteiger partial charge is 0.167 e. The van der Waals surface area contributed by atoms with Gasteiger partial charge in [-0.2, -0.15) is 4.80 Å². The number of benzene rings is 5. The highest BCUT2D eigenvalue weighted by atomic mass is 16.5. The molecule has 8 rings (SSSR count). The van der Waals surface area contributed by atoms with Crippen LogP contribution in [0, 0.1) is 43.9 Å². The van der Waals surface area contributed by atoms with Crippen LogP contribution < -0.4 is 9.47 Å². The van der Waals surface area contributed by atoms with Crippen molar-refractivity contribution < 1.29 is 18.9 Å². The first-order valence-electron chi connectivity index (χ1n) is 33.8. The Hall–Kier alpha value is -6.01. The molecule has 0 saturated carbocycles. The molecule has 0 aliphatic carbocycles. The standard InChI is InChI=1S/C40H53N3O2.C23H31N3O.C16H33NO.3CH4/c1-9-10-11-12-13-14-23-44-32-18-21-35(36(27-32)45-24-15-22-40(6,7)8)39-42-37(33-19-16-28(2)25-30(33)4)41-38(43-39)34-20-17-29(3)26-31(34)5;1-22(2,3)13-14-27-16-17-11-12-18(23(4,5)6)15-21(17)26-24-19-9-7-8-10-20(19)25-26;1-14(2,3)9-10-18-13-11-15(4,5)17(8)16(6,7)12-13;;;/h16-21,25-27H,9-15,22-24H2,1-8H3;7-12,15H,13-14,16H2,1-6H3;13H,9-12H2,1-8H3;3*1H4. The zero-order valence-electron chi connectivity index (χ0n) is 60.1. The van der Waals surface area contributed by atoms with Crippen LogP contribution >= 0.6 is 0 Å². The van der Waals surface area contributed by atoms with Crippen molar-refractivity contribution >= 4 is 11.0 Å². The fourth-order valence-corrected chi connectivity index (χ4v) is 11.4. The van der Waals surface area contributed by atoms with E-state index < -0.39 is 0 Å². The molecule has 11 nitrogen and oxygen atoms in total. The van der Waals surface area contributed by atoms with Crippen LogP contribution in [-0.2, 0) is 21.5 Å². The molecule has 93 heavy (non-hydrogen) atoms. The average Bonchev–Trinajstić information content (AvgIpc) is 1.37.